The number of aromatic nitrogens is 2. The number of amides is 1. The van der Waals surface area contributed by atoms with Crippen LogP contribution in [0.5, 0.6) is 0 Å². The lowest BCUT2D eigenvalue weighted by atomic mass is 10.4. The highest BCUT2D eigenvalue weighted by atomic mass is 35.5. The molecule has 0 saturated carbocycles. The molecule has 0 aliphatic rings. The number of anilines is 1. The van der Waals surface area contributed by atoms with E-state index in [-0.39, 0.29) is 23.4 Å². The SMILES string of the molecule is CCNC(=O)CN(C)c1ncnc(Cl)c1[N+](=O)[O-]. The van der Waals surface area contributed by atoms with Gasteiger partial charge in [-0.3, -0.25) is 14.9 Å². The molecule has 0 fully saturated rings. The van der Waals surface area contributed by atoms with Crippen molar-refractivity contribution >= 4 is 29.0 Å². The molecule has 1 heterocycles. The summed E-state index contributed by atoms with van der Waals surface area (Å²) in [5, 5.41) is 13.2. The number of hydrogen-bond donors (Lipinski definition) is 1. The summed E-state index contributed by atoms with van der Waals surface area (Å²) in [5.74, 6) is -0.254. The monoisotopic (exact) mass is 273 g/mol. The van der Waals surface area contributed by atoms with Gasteiger partial charge in [0.05, 0.1) is 11.5 Å². The summed E-state index contributed by atoms with van der Waals surface area (Å²) in [6.07, 6.45) is 1.11. The topological polar surface area (TPSA) is 101 Å². The molecule has 0 aromatic carbocycles. The molecule has 0 unspecified atom stereocenters. The first-order chi connectivity index (χ1) is 8.47. The van der Waals surface area contributed by atoms with E-state index in [2.05, 4.69) is 15.3 Å². The lowest BCUT2D eigenvalue weighted by Gasteiger charge is -2.17. The smallest absolute Gasteiger partial charge is 0.348 e. The number of hydrogen-bond acceptors (Lipinski definition) is 6. The zero-order valence-corrected chi connectivity index (χ0v) is 10.6. The van der Waals surface area contributed by atoms with E-state index in [1.165, 1.54) is 11.9 Å². The number of nitrogens with one attached hydrogen (secondary N) is 1. The maximum atomic E-state index is 11.4. The van der Waals surface area contributed by atoms with Gasteiger partial charge in [0.2, 0.25) is 16.9 Å². The molecule has 9 heteroatoms. The van der Waals surface area contributed by atoms with E-state index < -0.39 is 10.6 Å². The molecule has 1 aromatic heterocycles. The molecule has 18 heavy (non-hydrogen) atoms. The van der Waals surface area contributed by atoms with Crippen LogP contribution in [0.4, 0.5) is 11.5 Å². The molecule has 1 aromatic rings. The molecule has 98 valence electrons. The Morgan fingerprint density at radius 1 is 1.61 bits per heavy atom. The molecule has 0 atom stereocenters. The highest BCUT2D eigenvalue weighted by Gasteiger charge is 2.25. The van der Waals surface area contributed by atoms with E-state index >= 15 is 0 Å². The Morgan fingerprint density at radius 3 is 2.83 bits per heavy atom. The summed E-state index contributed by atoms with van der Waals surface area (Å²) in [6, 6.07) is 0. The van der Waals surface area contributed by atoms with Gasteiger partial charge in [-0.2, -0.15) is 0 Å². The molecule has 8 nitrogen and oxygen atoms in total. The second-order valence-corrected chi connectivity index (χ2v) is 3.76. The van der Waals surface area contributed by atoms with Crippen molar-refractivity contribution in [1.29, 1.82) is 0 Å². The number of carbonyl (C=O) groups is 1. The second kappa shape index (κ2) is 6.10. The summed E-state index contributed by atoms with van der Waals surface area (Å²) < 4.78 is 0. The molecule has 1 amide bonds. The lowest BCUT2D eigenvalue weighted by molar-refractivity contribution is -0.384. The molecular weight excluding hydrogens is 262 g/mol. The minimum atomic E-state index is -0.675. The Kier molecular flexibility index (Phi) is 4.78. The maximum absolute atomic E-state index is 11.4. The van der Waals surface area contributed by atoms with Crippen LogP contribution >= 0.6 is 11.6 Å². The van der Waals surface area contributed by atoms with Gasteiger partial charge in [-0.25, -0.2) is 9.97 Å². The summed E-state index contributed by atoms with van der Waals surface area (Å²) in [5.41, 5.74) is -0.411. The van der Waals surface area contributed by atoms with Gasteiger partial charge >= 0.3 is 5.69 Å². The number of nitrogens with zero attached hydrogens (tertiary/aromatic N) is 4. The highest BCUT2D eigenvalue weighted by molar-refractivity contribution is 6.31. The largest absolute Gasteiger partial charge is 0.355 e. The first kappa shape index (κ1) is 14.1. The first-order valence-corrected chi connectivity index (χ1v) is 5.47. The van der Waals surface area contributed by atoms with Crippen molar-refractivity contribution in [2.75, 3.05) is 25.0 Å². The van der Waals surface area contributed by atoms with Gasteiger partial charge in [-0.15, -0.1) is 0 Å². The van der Waals surface area contributed by atoms with E-state index in [1.54, 1.807) is 6.92 Å². The Hall–Kier alpha value is -1.96. The van der Waals surface area contributed by atoms with Gasteiger partial charge < -0.3 is 10.2 Å². The van der Waals surface area contributed by atoms with E-state index in [0.717, 1.165) is 6.33 Å². The number of likely N-dealkylation sites (N-methyl/N-ethyl adjacent to an activating group) is 2. The van der Waals surface area contributed by atoms with Crippen LogP contribution in [-0.4, -0.2) is 40.9 Å². The standard InChI is InChI=1S/C9H12ClN5O3/c1-3-11-6(16)4-14(2)9-7(15(17)18)8(10)12-5-13-9/h5H,3-4H2,1-2H3,(H,11,16). The second-order valence-electron chi connectivity index (χ2n) is 3.40. The molecule has 0 bridgehead atoms. The molecule has 0 radical (unpaired) electrons. The van der Waals surface area contributed by atoms with Crippen molar-refractivity contribution in [3.8, 4) is 0 Å². The molecule has 1 N–H and O–H groups in total. The third-order valence-electron chi connectivity index (χ3n) is 2.06. The average molecular weight is 274 g/mol. The van der Waals surface area contributed by atoms with Gasteiger partial charge in [-0.1, -0.05) is 11.6 Å². The van der Waals surface area contributed by atoms with Crippen LogP contribution < -0.4 is 10.2 Å². The Balaban J connectivity index is 2.98. The van der Waals surface area contributed by atoms with Crippen molar-refractivity contribution in [1.82, 2.24) is 15.3 Å². The van der Waals surface area contributed by atoms with Crippen molar-refractivity contribution in [2.45, 2.75) is 6.92 Å². The number of carbonyl (C=O) groups excluding carboxylic acids is 1. The average Bonchev–Trinajstić information content (AvgIpc) is 2.28. The normalized spacial score (nSPS) is 9.94. The van der Waals surface area contributed by atoms with Crippen molar-refractivity contribution in [2.24, 2.45) is 0 Å². The Labute approximate surface area is 108 Å². The quantitative estimate of drug-likeness (QED) is 0.479. The molecule has 1 rings (SSSR count). The minimum absolute atomic E-state index is 0.00579. The van der Waals surface area contributed by atoms with E-state index in [9.17, 15) is 14.9 Å². The molecule has 0 aliphatic heterocycles. The van der Waals surface area contributed by atoms with Crippen LogP contribution in [0.2, 0.25) is 5.15 Å². The van der Waals surface area contributed by atoms with Crippen LogP contribution in [0.15, 0.2) is 6.33 Å². The highest BCUT2D eigenvalue weighted by Crippen LogP contribution is 2.30. The van der Waals surface area contributed by atoms with Gasteiger partial charge in [-0.05, 0) is 6.92 Å². The zero-order valence-electron chi connectivity index (χ0n) is 9.88. The van der Waals surface area contributed by atoms with Crippen molar-refractivity contribution < 1.29 is 9.72 Å². The number of nitro groups is 1. The summed E-state index contributed by atoms with van der Waals surface area (Å²) in [6.45, 7) is 2.21. The first-order valence-electron chi connectivity index (χ1n) is 5.10. The van der Waals surface area contributed by atoms with Crippen LogP contribution in [0.25, 0.3) is 0 Å². The Morgan fingerprint density at radius 2 is 2.28 bits per heavy atom. The van der Waals surface area contributed by atoms with E-state index in [4.69, 9.17) is 11.6 Å². The van der Waals surface area contributed by atoms with Gasteiger partial charge in [0, 0.05) is 13.6 Å². The van der Waals surface area contributed by atoms with Gasteiger partial charge in [0.1, 0.15) is 6.33 Å². The van der Waals surface area contributed by atoms with E-state index in [1.807, 2.05) is 0 Å². The van der Waals surface area contributed by atoms with Gasteiger partial charge in [0.25, 0.3) is 0 Å². The fraction of sp³-hybridized carbons (Fsp3) is 0.444. The third-order valence-corrected chi connectivity index (χ3v) is 2.33. The van der Waals surface area contributed by atoms with Crippen LogP contribution in [0.3, 0.4) is 0 Å². The molecular formula is C9H12ClN5O3. The summed E-state index contributed by atoms with van der Waals surface area (Å²) >= 11 is 5.65. The van der Waals surface area contributed by atoms with Crippen LogP contribution in [0.1, 0.15) is 6.92 Å². The van der Waals surface area contributed by atoms with Crippen LogP contribution in [-0.2, 0) is 4.79 Å². The molecule has 0 spiro atoms. The molecule has 0 saturated heterocycles. The molecule has 0 aliphatic carbocycles. The predicted molar refractivity (Wildman–Crippen MR) is 65.7 cm³/mol. The maximum Gasteiger partial charge on any atom is 0.348 e. The van der Waals surface area contributed by atoms with Crippen LogP contribution in [0, 0.1) is 10.1 Å². The van der Waals surface area contributed by atoms with Crippen molar-refractivity contribution in [3.05, 3.63) is 21.6 Å². The fourth-order valence-corrected chi connectivity index (χ4v) is 1.53. The number of halogens is 1. The number of rotatable bonds is 5. The Bertz CT molecular complexity index is 468. The van der Waals surface area contributed by atoms with E-state index in [0.29, 0.717) is 6.54 Å². The summed E-state index contributed by atoms with van der Waals surface area (Å²) in [4.78, 5) is 30.3. The van der Waals surface area contributed by atoms with Crippen molar-refractivity contribution in [3.63, 3.8) is 0 Å². The summed E-state index contributed by atoms with van der Waals surface area (Å²) in [7, 11) is 1.51. The minimum Gasteiger partial charge on any atom is -0.355 e. The predicted octanol–water partition coefficient (Wildman–Crippen LogP) is 0.611. The lowest BCUT2D eigenvalue weighted by Crippen LogP contribution is -2.35. The zero-order chi connectivity index (χ0) is 13.7. The third kappa shape index (κ3) is 3.27. The fourth-order valence-electron chi connectivity index (χ4n) is 1.33. The van der Waals surface area contributed by atoms with Gasteiger partial charge in [0.15, 0.2) is 0 Å².